The molecule has 152 valence electrons. The molecule has 3 aromatic rings. The lowest BCUT2D eigenvalue weighted by molar-refractivity contribution is -0.118. The minimum absolute atomic E-state index is 0.139. The predicted octanol–water partition coefficient (Wildman–Crippen LogP) is 3.54. The molecule has 2 aromatic carbocycles. The predicted molar refractivity (Wildman–Crippen MR) is 109 cm³/mol. The van der Waals surface area contributed by atoms with Gasteiger partial charge in [0.2, 0.25) is 5.91 Å². The Kier molecular flexibility index (Phi) is 5.81. The third kappa shape index (κ3) is 4.52. The maximum Gasteiger partial charge on any atom is 0.420 e. The van der Waals surface area contributed by atoms with Crippen LogP contribution in [0.3, 0.4) is 0 Å². The highest BCUT2D eigenvalue weighted by molar-refractivity contribution is 7.90. The van der Waals surface area contributed by atoms with Crippen molar-refractivity contribution < 1.29 is 22.7 Å². The number of amides is 2. The third-order valence-corrected chi connectivity index (χ3v) is 5.88. The fourth-order valence-electron chi connectivity index (χ4n) is 2.76. The van der Waals surface area contributed by atoms with Crippen LogP contribution in [0.2, 0.25) is 5.02 Å². The van der Waals surface area contributed by atoms with Crippen molar-refractivity contribution in [1.82, 2.24) is 9.29 Å². The maximum absolute atomic E-state index is 12.6. The number of hydrogen-bond donors (Lipinski definition) is 2. The molecular weight excluding hydrogens is 418 g/mol. The van der Waals surface area contributed by atoms with Crippen LogP contribution in [-0.4, -0.2) is 32.1 Å². The summed E-state index contributed by atoms with van der Waals surface area (Å²) in [4.78, 5) is 23.6. The molecule has 1 atom stereocenters. The zero-order valence-electron chi connectivity index (χ0n) is 15.5. The number of nitrogens with zero attached hydrogens (tertiary/aromatic N) is 1. The average molecular weight is 436 g/mol. The molecule has 0 spiro atoms. The smallest absolute Gasteiger partial charge is 0.420 e. The van der Waals surface area contributed by atoms with Crippen LogP contribution < -0.4 is 10.0 Å². The molecule has 1 heterocycles. The van der Waals surface area contributed by atoms with Gasteiger partial charge in [-0.25, -0.2) is 17.9 Å². The van der Waals surface area contributed by atoms with E-state index in [1.807, 2.05) is 12.1 Å². The van der Waals surface area contributed by atoms with E-state index in [-0.39, 0.29) is 10.8 Å². The molecule has 10 heteroatoms. The van der Waals surface area contributed by atoms with Gasteiger partial charge >= 0.3 is 6.09 Å². The van der Waals surface area contributed by atoms with Crippen molar-refractivity contribution in [2.75, 3.05) is 12.4 Å². The Labute approximate surface area is 172 Å². The summed E-state index contributed by atoms with van der Waals surface area (Å²) < 4.78 is 31.9. The van der Waals surface area contributed by atoms with E-state index in [9.17, 15) is 18.0 Å². The van der Waals surface area contributed by atoms with Crippen LogP contribution in [0.1, 0.15) is 13.0 Å². The van der Waals surface area contributed by atoms with Gasteiger partial charge in [-0.15, -0.1) is 0 Å². The number of methoxy groups -OCH3 is 1. The summed E-state index contributed by atoms with van der Waals surface area (Å²) in [5.41, 5.74) is 1.24. The van der Waals surface area contributed by atoms with Gasteiger partial charge in [0.25, 0.3) is 10.0 Å². The Balaban J connectivity index is 1.75. The fraction of sp³-hybridized carbons (Fsp3) is 0.158. The van der Waals surface area contributed by atoms with E-state index in [0.717, 1.165) is 18.0 Å². The molecule has 8 nitrogen and oxygen atoms in total. The van der Waals surface area contributed by atoms with Crippen molar-refractivity contribution in [3.05, 3.63) is 59.8 Å². The molecule has 1 aromatic heterocycles. The summed E-state index contributed by atoms with van der Waals surface area (Å²) in [7, 11) is -2.99. The molecule has 0 aliphatic carbocycles. The van der Waals surface area contributed by atoms with E-state index in [4.69, 9.17) is 11.6 Å². The van der Waals surface area contributed by atoms with Crippen molar-refractivity contribution >= 4 is 50.2 Å². The zero-order valence-corrected chi connectivity index (χ0v) is 17.1. The molecule has 0 radical (unpaired) electrons. The lowest BCUT2D eigenvalue weighted by Gasteiger charge is -2.16. The molecule has 29 heavy (non-hydrogen) atoms. The number of sulfonamides is 1. The first-order chi connectivity index (χ1) is 13.7. The summed E-state index contributed by atoms with van der Waals surface area (Å²) in [5, 5.41) is 4.27. The topological polar surface area (TPSA) is 106 Å². The van der Waals surface area contributed by atoms with Crippen molar-refractivity contribution in [1.29, 1.82) is 0 Å². The second-order valence-electron chi connectivity index (χ2n) is 6.21. The first kappa shape index (κ1) is 20.7. The van der Waals surface area contributed by atoms with Crippen LogP contribution in [0.15, 0.2) is 59.6 Å². The monoisotopic (exact) mass is 435 g/mol. The lowest BCUT2D eigenvalue weighted by atomic mass is 10.2. The highest BCUT2D eigenvalue weighted by atomic mass is 35.5. The minimum Gasteiger partial charge on any atom is -0.452 e. The molecule has 0 fully saturated rings. The molecule has 0 unspecified atom stereocenters. The quantitative estimate of drug-likeness (QED) is 0.637. The van der Waals surface area contributed by atoms with Crippen LogP contribution in [0, 0.1) is 0 Å². The zero-order chi connectivity index (χ0) is 21.2. The van der Waals surface area contributed by atoms with Crippen LogP contribution in [-0.2, 0) is 19.6 Å². The van der Waals surface area contributed by atoms with Crippen LogP contribution in [0.5, 0.6) is 0 Å². The number of carbonyl (C=O) groups excluding carboxylic acids is 2. The molecule has 0 bridgehead atoms. The second kappa shape index (κ2) is 8.14. The van der Waals surface area contributed by atoms with Gasteiger partial charge in [-0.3, -0.25) is 4.79 Å². The largest absolute Gasteiger partial charge is 0.452 e. The van der Waals surface area contributed by atoms with Crippen LogP contribution >= 0.6 is 11.6 Å². The molecular formula is C19H18ClN3O5S. The Morgan fingerprint density at radius 3 is 2.45 bits per heavy atom. The summed E-state index contributed by atoms with van der Waals surface area (Å²) in [6.45, 7) is 1.74. The number of anilines is 1. The molecule has 0 saturated heterocycles. The first-order valence-electron chi connectivity index (χ1n) is 8.49. The minimum atomic E-state index is -4.05. The normalized spacial score (nSPS) is 12.4. The molecule has 2 N–H and O–H groups in total. The highest BCUT2D eigenvalue weighted by Gasteiger charge is 2.19. The Morgan fingerprint density at radius 1 is 1.10 bits per heavy atom. The maximum atomic E-state index is 12.6. The summed E-state index contributed by atoms with van der Waals surface area (Å²) in [5.74, 6) is -0.286. The molecule has 2 amide bonds. The van der Waals surface area contributed by atoms with Gasteiger partial charge in [0.05, 0.1) is 17.5 Å². The van der Waals surface area contributed by atoms with Gasteiger partial charge in [-0.05, 0) is 54.8 Å². The fourth-order valence-corrected chi connectivity index (χ4v) is 3.84. The van der Waals surface area contributed by atoms with E-state index in [2.05, 4.69) is 10.1 Å². The van der Waals surface area contributed by atoms with E-state index in [1.165, 1.54) is 24.3 Å². The van der Waals surface area contributed by atoms with E-state index in [1.54, 1.807) is 34.5 Å². The summed E-state index contributed by atoms with van der Waals surface area (Å²) in [6, 6.07) is 12.2. The van der Waals surface area contributed by atoms with Crippen LogP contribution in [0.4, 0.5) is 10.5 Å². The Morgan fingerprint density at radius 2 is 1.79 bits per heavy atom. The van der Waals surface area contributed by atoms with Crippen molar-refractivity contribution in [2.45, 2.75) is 17.9 Å². The van der Waals surface area contributed by atoms with Gasteiger partial charge in [0.15, 0.2) is 0 Å². The standard InChI is InChI=1S/C19H18ClN3O5S/c1-12(23-10-9-13-3-4-14(20)11-17(13)23)18(24)21-15-5-7-16(8-6-15)29(26,27)22-19(25)28-2/h3-12H,1-2H3,(H,21,24)(H,22,25)/t12-/m0/s1. The number of nitrogens with one attached hydrogen (secondary N) is 2. The van der Waals surface area contributed by atoms with Crippen LogP contribution in [0.25, 0.3) is 10.9 Å². The molecule has 3 rings (SSSR count). The van der Waals surface area contributed by atoms with Crippen molar-refractivity contribution in [3.63, 3.8) is 0 Å². The van der Waals surface area contributed by atoms with Gasteiger partial charge in [0.1, 0.15) is 6.04 Å². The SMILES string of the molecule is COC(=O)NS(=O)(=O)c1ccc(NC(=O)[C@H](C)n2ccc3ccc(Cl)cc32)cc1. The van der Waals surface area contributed by atoms with Crippen molar-refractivity contribution in [2.24, 2.45) is 0 Å². The Hall–Kier alpha value is -3.04. The highest BCUT2D eigenvalue weighted by Crippen LogP contribution is 2.24. The second-order valence-corrected chi connectivity index (χ2v) is 8.33. The third-order valence-electron chi connectivity index (χ3n) is 4.32. The van der Waals surface area contributed by atoms with E-state index in [0.29, 0.717) is 10.7 Å². The lowest BCUT2D eigenvalue weighted by Crippen LogP contribution is -2.30. The number of rotatable bonds is 5. The molecule has 0 saturated carbocycles. The Bertz CT molecular complexity index is 1170. The first-order valence-corrected chi connectivity index (χ1v) is 10.3. The van der Waals surface area contributed by atoms with Gasteiger partial charge in [-0.2, -0.15) is 0 Å². The summed E-state index contributed by atoms with van der Waals surface area (Å²) >= 11 is 6.06. The number of carbonyl (C=O) groups is 2. The van der Waals surface area contributed by atoms with E-state index >= 15 is 0 Å². The summed E-state index contributed by atoms with van der Waals surface area (Å²) in [6.07, 6.45) is 0.717. The van der Waals surface area contributed by atoms with Gasteiger partial charge in [-0.1, -0.05) is 17.7 Å². The number of fused-ring (bicyclic) bond motifs is 1. The average Bonchev–Trinajstić information content (AvgIpc) is 3.10. The number of hydrogen-bond acceptors (Lipinski definition) is 5. The van der Waals surface area contributed by atoms with E-state index < -0.39 is 22.2 Å². The number of ether oxygens (including phenoxy) is 1. The van der Waals surface area contributed by atoms with Crippen molar-refractivity contribution in [3.8, 4) is 0 Å². The number of halogens is 1. The van der Waals surface area contributed by atoms with Gasteiger partial charge in [0, 0.05) is 16.9 Å². The molecule has 0 aliphatic heterocycles. The molecule has 0 aliphatic rings. The number of aromatic nitrogens is 1. The number of benzene rings is 2. The van der Waals surface area contributed by atoms with Gasteiger partial charge < -0.3 is 14.6 Å².